The second-order valence-corrected chi connectivity index (χ2v) is 4.95. The minimum absolute atomic E-state index is 0.246. The van der Waals surface area contributed by atoms with Crippen molar-refractivity contribution in [1.29, 1.82) is 0 Å². The van der Waals surface area contributed by atoms with Gasteiger partial charge in [-0.25, -0.2) is 4.79 Å². The molecule has 0 aromatic heterocycles. The van der Waals surface area contributed by atoms with E-state index in [1.54, 1.807) is 18.2 Å². The van der Waals surface area contributed by atoms with Crippen LogP contribution in [0.3, 0.4) is 0 Å². The maximum atomic E-state index is 12.0. The molecule has 1 aliphatic heterocycles. The molecule has 1 amide bonds. The lowest BCUT2D eigenvalue weighted by Crippen LogP contribution is -2.52. The molecule has 0 aliphatic carbocycles. The molecule has 0 saturated heterocycles. The smallest absolute Gasteiger partial charge is 0.534 e. The van der Waals surface area contributed by atoms with Gasteiger partial charge < -0.3 is 19.7 Å². The molecule has 0 fully saturated rings. The number of carbonyl (C=O) groups is 2. The number of para-hydroxylation sites is 1. The normalized spacial score (nSPS) is 16.7. The Kier molecular flexibility index (Phi) is 4.85. The summed E-state index contributed by atoms with van der Waals surface area (Å²) in [5.74, 6) is -0.923. The molecule has 0 spiro atoms. The summed E-state index contributed by atoms with van der Waals surface area (Å²) in [6.07, 6.45) is 1.12. The molecule has 1 aromatic rings. The summed E-state index contributed by atoms with van der Waals surface area (Å²) >= 11 is 0. The largest absolute Gasteiger partial charge is 0.547 e. The number of amides is 1. The molecule has 2 rings (SSSR count). The van der Waals surface area contributed by atoms with Crippen molar-refractivity contribution < 1.29 is 24.0 Å². The molecule has 1 heterocycles. The second kappa shape index (κ2) is 6.63. The van der Waals surface area contributed by atoms with Crippen molar-refractivity contribution in [2.75, 3.05) is 6.61 Å². The van der Waals surface area contributed by atoms with Crippen LogP contribution < -0.4 is 9.97 Å². The number of carbonyl (C=O) groups excluding carboxylic acids is 2. The third-order valence-electron chi connectivity index (χ3n) is 3.17. The summed E-state index contributed by atoms with van der Waals surface area (Å²) in [5.41, 5.74) is 1.05. The molecule has 0 bridgehead atoms. The molecule has 1 aliphatic rings. The Morgan fingerprint density at radius 1 is 1.52 bits per heavy atom. The third kappa shape index (κ3) is 3.55. The van der Waals surface area contributed by atoms with Gasteiger partial charge in [0.2, 0.25) is 5.91 Å². The van der Waals surface area contributed by atoms with Crippen molar-refractivity contribution >= 4 is 19.0 Å². The summed E-state index contributed by atoms with van der Waals surface area (Å²) in [6.45, 7) is 3.62. The van der Waals surface area contributed by atoms with Gasteiger partial charge in [0.05, 0.1) is 12.5 Å². The Morgan fingerprint density at radius 3 is 2.95 bits per heavy atom. The van der Waals surface area contributed by atoms with Gasteiger partial charge >= 0.3 is 13.1 Å². The predicted molar refractivity (Wildman–Crippen MR) is 76.9 cm³/mol. The minimum Gasteiger partial charge on any atom is -0.534 e. The highest BCUT2D eigenvalue weighted by atomic mass is 16.5. The van der Waals surface area contributed by atoms with E-state index in [-0.39, 0.29) is 5.91 Å². The van der Waals surface area contributed by atoms with Crippen LogP contribution in [0.1, 0.15) is 36.2 Å². The van der Waals surface area contributed by atoms with Gasteiger partial charge in [0.25, 0.3) is 0 Å². The average Bonchev–Trinajstić information content (AvgIpc) is 2.44. The Hall–Kier alpha value is -2.02. The van der Waals surface area contributed by atoms with Crippen LogP contribution in [0.25, 0.3) is 0 Å². The number of benzene rings is 1. The van der Waals surface area contributed by atoms with Gasteiger partial charge in [-0.15, -0.1) is 0 Å². The van der Waals surface area contributed by atoms with E-state index in [2.05, 4.69) is 5.32 Å². The first-order valence-corrected chi connectivity index (χ1v) is 6.93. The highest BCUT2D eigenvalue weighted by Crippen LogP contribution is 2.30. The summed E-state index contributed by atoms with van der Waals surface area (Å²) in [5, 5.41) is 12.6. The zero-order valence-electron chi connectivity index (χ0n) is 12.1. The summed E-state index contributed by atoms with van der Waals surface area (Å²) in [7, 11) is -1.19. The summed E-state index contributed by atoms with van der Waals surface area (Å²) in [4.78, 5) is 23.1. The predicted octanol–water partition coefficient (Wildman–Crippen LogP) is 0.713. The zero-order valence-corrected chi connectivity index (χ0v) is 12.1. The number of nitrogens with one attached hydrogen (secondary N) is 1. The van der Waals surface area contributed by atoms with E-state index in [0.717, 1.165) is 12.0 Å². The Balaban J connectivity index is 2.23. The van der Waals surface area contributed by atoms with Gasteiger partial charge in [-0.3, -0.25) is 4.79 Å². The van der Waals surface area contributed by atoms with Crippen molar-refractivity contribution in [3.63, 3.8) is 0 Å². The molecule has 112 valence electrons. The molecule has 2 N–H and O–H groups in total. The second-order valence-electron chi connectivity index (χ2n) is 4.95. The van der Waals surface area contributed by atoms with Crippen LogP contribution in [0.2, 0.25) is 0 Å². The van der Waals surface area contributed by atoms with Gasteiger partial charge in [-0.2, -0.15) is 0 Å². The lowest BCUT2D eigenvalue weighted by atomic mass is 9.72. The zero-order chi connectivity index (χ0) is 15.4. The van der Waals surface area contributed by atoms with Gasteiger partial charge in [0.15, 0.2) is 0 Å². The lowest BCUT2D eigenvalue weighted by molar-refractivity contribution is -0.119. The van der Waals surface area contributed by atoms with Gasteiger partial charge in [-0.05, 0) is 24.5 Å². The molecular formula is C14H18BNO5. The Morgan fingerprint density at radius 2 is 2.29 bits per heavy atom. The summed E-state index contributed by atoms with van der Waals surface area (Å²) in [6, 6.07) is 5.13. The molecule has 0 saturated carbocycles. The lowest BCUT2D eigenvalue weighted by Gasteiger charge is -2.28. The van der Waals surface area contributed by atoms with Crippen LogP contribution in [0, 0.1) is 0 Å². The van der Waals surface area contributed by atoms with Crippen LogP contribution in [-0.2, 0) is 16.0 Å². The number of rotatable bonds is 4. The molecule has 0 radical (unpaired) electrons. The molecule has 7 heteroatoms. The molecule has 1 atom stereocenters. The van der Waals surface area contributed by atoms with Gasteiger partial charge in [0.1, 0.15) is 11.3 Å². The van der Waals surface area contributed by atoms with Crippen LogP contribution in [-0.4, -0.2) is 36.6 Å². The fourth-order valence-corrected chi connectivity index (χ4v) is 2.24. The van der Waals surface area contributed by atoms with Crippen molar-refractivity contribution in [3.8, 4) is 5.75 Å². The first kappa shape index (κ1) is 15.4. The fourth-order valence-electron chi connectivity index (χ4n) is 2.24. The van der Waals surface area contributed by atoms with Crippen molar-refractivity contribution in [1.82, 2.24) is 5.32 Å². The Labute approximate surface area is 123 Å². The quantitative estimate of drug-likeness (QED) is 0.630. The number of ether oxygens (including phenoxy) is 1. The summed E-state index contributed by atoms with van der Waals surface area (Å²) < 4.78 is 10.5. The van der Waals surface area contributed by atoms with E-state index in [1.807, 2.05) is 6.92 Å². The van der Waals surface area contributed by atoms with Crippen molar-refractivity contribution in [3.05, 3.63) is 29.3 Å². The topological polar surface area (TPSA) is 84.9 Å². The first-order chi connectivity index (χ1) is 10.0. The number of hydrogen-bond donors (Lipinski definition) is 2. The van der Waals surface area contributed by atoms with Gasteiger partial charge in [0, 0.05) is 6.92 Å². The highest BCUT2D eigenvalue weighted by Gasteiger charge is 2.37. The number of esters is 1. The maximum absolute atomic E-state index is 12.0. The molecule has 6 nitrogen and oxygen atoms in total. The minimum atomic E-state index is -1.19. The van der Waals surface area contributed by atoms with Crippen molar-refractivity contribution in [2.24, 2.45) is 0 Å². The standard InChI is InChI=1S/C14H18BNO5/c1-3-7-20-14(18)11-6-4-5-10-8-12(16-9(2)17)15(19)21-13(10)11/h4-6,12,19H,3,7-8H2,1-2H3,(H,16,17). The van der Waals surface area contributed by atoms with E-state index >= 15 is 0 Å². The van der Waals surface area contributed by atoms with E-state index in [9.17, 15) is 14.6 Å². The molecular weight excluding hydrogens is 273 g/mol. The average molecular weight is 291 g/mol. The number of hydrogen-bond acceptors (Lipinski definition) is 5. The van der Waals surface area contributed by atoms with Crippen LogP contribution in [0.4, 0.5) is 0 Å². The molecule has 1 aromatic carbocycles. The van der Waals surface area contributed by atoms with Crippen LogP contribution in [0.15, 0.2) is 18.2 Å². The van der Waals surface area contributed by atoms with E-state index in [1.165, 1.54) is 6.92 Å². The first-order valence-electron chi connectivity index (χ1n) is 6.93. The van der Waals surface area contributed by atoms with Gasteiger partial charge in [-0.1, -0.05) is 19.1 Å². The van der Waals surface area contributed by atoms with E-state index in [0.29, 0.717) is 24.3 Å². The van der Waals surface area contributed by atoms with E-state index in [4.69, 9.17) is 9.39 Å². The number of fused-ring (bicyclic) bond motifs is 1. The third-order valence-corrected chi connectivity index (χ3v) is 3.17. The fraction of sp³-hybridized carbons (Fsp3) is 0.429. The molecule has 1 unspecified atom stereocenters. The molecule has 21 heavy (non-hydrogen) atoms. The van der Waals surface area contributed by atoms with E-state index < -0.39 is 19.0 Å². The highest BCUT2D eigenvalue weighted by molar-refractivity contribution is 6.47. The Bertz CT molecular complexity index is 548. The monoisotopic (exact) mass is 291 g/mol. The van der Waals surface area contributed by atoms with Crippen molar-refractivity contribution in [2.45, 2.75) is 32.6 Å². The van der Waals surface area contributed by atoms with Crippen LogP contribution in [0.5, 0.6) is 5.75 Å². The maximum Gasteiger partial charge on any atom is 0.547 e. The SMILES string of the molecule is CCCOC(=O)c1cccc2c1OB(O)C(NC(C)=O)C2. The van der Waals surface area contributed by atoms with Crippen LogP contribution >= 0.6 is 0 Å².